The SMILES string of the molecule is COC(=O)c1ccc(N(CC(=O)NCCc2ccc(Cl)cc2)C(C)=O)cc1. The molecule has 7 heteroatoms. The average Bonchev–Trinajstić information content (AvgIpc) is 2.67. The molecule has 0 bridgehead atoms. The summed E-state index contributed by atoms with van der Waals surface area (Å²) in [5, 5.41) is 3.46. The zero-order chi connectivity index (χ0) is 19.8. The summed E-state index contributed by atoms with van der Waals surface area (Å²) < 4.78 is 4.64. The summed E-state index contributed by atoms with van der Waals surface area (Å²) in [6.45, 7) is 1.73. The van der Waals surface area contributed by atoms with Gasteiger partial charge in [0, 0.05) is 24.2 Å². The molecule has 0 aliphatic rings. The molecule has 0 unspecified atom stereocenters. The number of benzene rings is 2. The zero-order valence-corrected chi connectivity index (χ0v) is 16.0. The van der Waals surface area contributed by atoms with Gasteiger partial charge in [0.25, 0.3) is 0 Å². The lowest BCUT2D eigenvalue weighted by atomic mass is 10.1. The van der Waals surface area contributed by atoms with Crippen molar-refractivity contribution in [2.45, 2.75) is 13.3 Å². The summed E-state index contributed by atoms with van der Waals surface area (Å²) in [7, 11) is 1.30. The Morgan fingerprint density at radius 3 is 2.22 bits per heavy atom. The molecule has 142 valence electrons. The van der Waals surface area contributed by atoms with Crippen LogP contribution in [0.15, 0.2) is 48.5 Å². The van der Waals surface area contributed by atoms with Gasteiger partial charge in [-0.25, -0.2) is 4.79 Å². The minimum atomic E-state index is -0.462. The Balaban J connectivity index is 1.92. The van der Waals surface area contributed by atoms with Gasteiger partial charge in [0.15, 0.2) is 0 Å². The van der Waals surface area contributed by atoms with Crippen molar-refractivity contribution < 1.29 is 19.1 Å². The third kappa shape index (κ3) is 6.11. The van der Waals surface area contributed by atoms with Gasteiger partial charge in [-0.05, 0) is 48.4 Å². The van der Waals surface area contributed by atoms with E-state index in [1.807, 2.05) is 12.1 Å². The third-order valence-corrected chi connectivity index (χ3v) is 4.18. The number of hydrogen-bond acceptors (Lipinski definition) is 4. The van der Waals surface area contributed by atoms with E-state index in [2.05, 4.69) is 10.1 Å². The second kappa shape index (κ2) is 9.73. The molecule has 0 heterocycles. The van der Waals surface area contributed by atoms with Crippen LogP contribution in [0.5, 0.6) is 0 Å². The molecule has 0 aromatic heterocycles. The first kappa shape index (κ1) is 20.5. The number of nitrogens with zero attached hydrogens (tertiary/aromatic N) is 1. The monoisotopic (exact) mass is 388 g/mol. The number of nitrogens with one attached hydrogen (secondary N) is 1. The highest BCUT2D eigenvalue weighted by Crippen LogP contribution is 2.16. The number of carbonyl (C=O) groups excluding carboxylic acids is 3. The number of anilines is 1. The van der Waals surface area contributed by atoms with Crippen LogP contribution in [0.1, 0.15) is 22.8 Å². The topological polar surface area (TPSA) is 75.7 Å². The number of methoxy groups -OCH3 is 1. The molecule has 2 aromatic carbocycles. The van der Waals surface area contributed by atoms with E-state index in [1.54, 1.807) is 36.4 Å². The molecular formula is C20H21ClN2O4. The molecule has 0 aliphatic heterocycles. The van der Waals surface area contributed by atoms with E-state index in [0.717, 1.165) is 5.56 Å². The van der Waals surface area contributed by atoms with Gasteiger partial charge in [0.05, 0.1) is 12.7 Å². The van der Waals surface area contributed by atoms with Crippen molar-refractivity contribution in [1.82, 2.24) is 5.32 Å². The molecule has 2 amide bonds. The van der Waals surface area contributed by atoms with Gasteiger partial charge in [-0.1, -0.05) is 23.7 Å². The van der Waals surface area contributed by atoms with Crippen LogP contribution >= 0.6 is 11.6 Å². The summed E-state index contributed by atoms with van der Waals surface area (Å²) in [5.41, 5.74) is 1.96. The summed E-state index contributed by atoms with van der Waals surface area (Å²) in [5.74, 6) is -0.999. The van der Waals surface area contributed by atoms with E-state index in [9.17, 15) is 14.4 Å². The quantitative estimate of drug-likeness (QED) is 0.740. The van der Waals surface area contributed by atoms with Crippen molar-refractivity contribution in [2.24, 2.45) is 0 Å². The normalized spacial score (nSPS) is 10.2. The number of carbonyl (C=O) groups is 3. The minimum absolute atomic E-state index is 0.104. The molecule has 0 fully saturated rings. The van der Waals surface area contributed by atoms with Crippen LogP contribution in [0.2, 0.25) is 5.02 Å². The highest BCUT2D eigenvalue weighted by Gasteiger charge is 2.16. The van der Waals surface area contributed by atoms with Gasteiger partial charge in [0.2, 0.25) is 11.8 Å². The number of esters is 1. The fraction of sp³-hybridized carbons (Fsp3) is 0.250. The molecule has 6 nitrogen and oxygen atoms in total. The second-order valence-electron chi connectivity index (χ2n) is 5.87. The van der Waals surface area contributed by atoms with Crippen LogP contribution in [0, 0.1) is 0 Å². The zero-order valence-electron chi connectivity index (χ0n) is 15.2. The largest absolute Gasteiger partial charge is 0.465 e. The molecule has 0 spiro atoms. The summed E-state index contributed by atoms with van der Waals surface area (Å²) in [4.78, 5) is 37.0. The molecule has 0 saturated heterocycles. The molecule has 0 atom stereocenters. The molecule has 27 heavy (non-hydrogen) atoms. The molecular weight excluding hydrogens is 368 g/mol. The Labute approximate surface area is 163 Å². The van der Waals surface area contributed by atoms with Gasteiger partial charge >= 0.3 is 5.97 Å². The van der Waals surface area contributed by atoms with Crippen molar-refractivity contribution >= 4 is 35.1 Å². The second-order valence-corrected chi connectivity index (χ2v) is 6.31. The van der Waals surface area contributed by atoms with Gasteiger partial charge in [0.1, 0.15) is 6.54 Å². The first-order chi connectivity index (χ1) is 12.9. The van der Waals surface area contributed by atoms with Crippen LogP contribution in [0.25, 0.3) is 0 Å². The van der Waals surface area contributed by atoms with E-state index in [4.69, 9.17) is 11.6 Å². The van der Waals surface area contributed by atoms with Gasteiger partial charge in [-0.15, -0.1) is 0 Å². The first-order valence-electron chi connectivity index (χ1n) is 8.38. The maximum Gasteiger partial charge on any atom is 0.337 e. The van der Waals surface area contributed by atoms with Crippen LogP contribution < -0.4 is 10.2 Å². The number of rotatable bonds is 7. The van der Waals surface area contributed by atoms with Crippen LogP contribution in [0.4, 0.5) is 5.69 Å². The summed E-state index contributed by atoms with van der Waals surface area (Å²) >= 11 is 5.84. The molecule has 0 radical (unpaired) electrons. The fourth-order valence-electron chi connectivity index (χ4n) is 2.48. The standard InChI is InChI=1S/C20H21ClN2O4/c1-14(24)23(18-9-5-16(6-10-18)20(26)27-2)13-19(25)22-12-11-15-3-7-17(21)8-4-15/h3-10H,11-13H2,1-2H3,(H,22,25). The summed E-state index contributed by atoms with van der Waals surface area (Å²) in [6, 6.07) is 13.7. The Kier molecular flexibility index (Phi) is 7.37. The lowest BCUT2D eigenvalue weighted by molar-refractivity contribution is -0.123. The van der Waals surface area contributed by atoms with E-state index >= 15 is 0 Å². The van der Waals surface area contributed by atoms with Crippen LogP contribution in [0.3, 0.4) is 0 Å². The van der Waals surface area contributed by atoms with Gasteiger partial charge < -0.3 is 15.0 Å². The van der Waals surface area contributed by atoms with Gasteiger partial charge in [-0.2, -0.15) is 0 Å². The lowest BCUT2D eigenvalue weighted by Gasteiger charge is -2.21. The smallest absolute Gasteiger partial charge is 0.337 e. The maximum absolute atomic E-state index is 12.2. The number of ether oxygens (including phenoxy) is 1. The Morgan fingerprint density at radius 1 is 1.04 bits per heavy atom. The Morgan fingerprint density at radius 2 is 1.67 bits per heavy atom. The highest BCUT2D eigenvalue weighted by molar-refractivity contribution is 6.30. The number of halogens is 1. The Bertz CT molecular complexity index is 804. The van der Waals surface area contributed by atoms with E-state index in [-0.39, 0.29) is 18.4 Å². The predicted molar refractivity (Wildman–Crippen MR) is 104 cm³/mol. The van der Waals surface area contributed by atoms with Crippen molar-refractivity contribution in [3.8, 4) is 0 Å². The van der Waals surface area contributed by atoms with E-state index in [1.165, 1.54) is 18.9 Å². The minimum Gasteiger partial charge on any atom is -0.465 e. The molecule has 0 saturated carbocycles. The lowest BCUT2D eigenvalue weighted by Crippen LogP contribution is -2.40. The third-order valence-electron chi connectivity index (χ3n) is 3.93. The van der Waals surface area contributed by atoms with Gasteiger partial charge in [-0.3, -0.25) is 9.59 Å². The number of amides is 2. The Hall–Kier alpha value is -2.86. The molecule has 0 aliphatic carbocycles. The average molecular weight is 389 g/mol. The van der Waals surface area contributed by atoms with Crippen LogP contribution in [-0.4, -0.2) is 38.0 Å². The van der Waals surface area contributed by atoms with Crippen molar-refractivity contribution in [3.05, 3.63) is 64.7 Å². The molecule has 1 N–H and O–H groups in total. The predicted octanol–water partition coefficient (Wildman–Crippen LogP) is 2.84. The molecule has 2 rings (SSSR count). The van der Waals surface area contributed by atoms with E-state index < -0.39 is 5.97 Å². The number of hydrogen-bond donors (Lipinski definition) is 1. The first-order valence-corrected chi connectivity index (χ1v) is 8.76. The van der Waals surface area contributed by atoms with Crippen molar-refractivity contribution in [3.63, 3.8) is 0 Å². The molecule has 2 aromatic rings. The van der Waals surface area contributed by atoms with Crippen molar-refractivity contribution in [1.29, 1.82) is 0 Å². The van der Waals surface area contributed by atoms with E-state index in [0.29, 0.717) is 29.2 Å². The van der Waals surface area contributed by atoms with Crippen molar-refractivity contribution in [2.75, 3.05) is 25.1 Å². The summed E-state index contributed by atoms with van der Waals surface area (Å²) in [6.07, 6.45) is 0.663. The van der Waals surface area contributed by atoms with Crippen LogP contribution in [-0.2, 0) is 20.7 Å². The fourth-order valence-corrected chi connectivity index (χ4v) is 2.60. The maximum atomic E-state index is 12.2. The highest BCUT2D eigenvalue weighted by atomic mass is 35.5.